The van der Waals surface area contributed by atoms with Crippen molar-refractivity contribution in [2.75, 3.05) is 18.4 Å². The summed E-state index contributed by atoms with van der Waals surface area (Å²) in [6.07, 6.45) is 5.51. The quantitative estimate of drug-likeness (QED) is 0.893. The highest BCUT2D eigenvalue weighted by molar-refractivity contribution is 5.92. The molecule has 1 fully saturated rings. The Morgan fingerprint density at radius 1 is 1.38 bits per heavy atom. The van der Waals surface area contributed by atoms with Crippen LogP contribution in [-0.2, 0) is 17.6 Å². The first kappa shape index (κ1) is 14.5. The van der Waals surface area contributed by atoms with Crippen molar-refractivity contribution < 1.29 is 4.79 Å². The van der Waals surface area contributed by atoms with Crippen LogP contribution < -0.4 is 11.1 Å². The number of hydrogen-bond donors (Lipinski definition) is 2. The van der Waals surface area contributed by atoms with E-state index in [-0.39, 0.29) is 11.9 Å². The first-order chi connectivity index (χ1) is 10.1. The van der Waals surface area contributed by atoms with E-state index in [2.05, 4.69) is 29.3 Å². The summed E-state index contributed by atoms with van der Waals surface area (Å²) in [7, 11) is 0. The highest BCUT2D eigenvalue weighted by atomic mass is 16.2. The second-order valence-electron chi connectivity index (χ2n) is 6.49. The Hall–Kier alpha value is -1.39. The minimum atomic E-state index is 0.0790. The molecule has 2 aliphatic rings. The largest absolute Gasteiger partial charge is 0.328 e. The van der Waals surface area contributed by atoms with Crippen LogP contribution >= 0.6 is 0 Å². The minimum absolute atomic E-state index is 0.0790. The average molecular weight is 287 g/mol. The first-order valence-electron chi connectivity index (χ1n) is 8.03. The summed E-state index contributed by atoms with van der Waals surface area (Å²) in [4.78, 5) is 14.5. The van der Waals surface area contributed by atoms with E-state index in [0.717, 1.165) is 31.5 Å². The zero-order valence-corrected chi connectivity index (χ0v) is 12.8. The molecule has 114 valence electrons. The second-order valence-corrected chi connectivity index (χ2v) is 6.49. The fourth-order valence-electron chi connectivity index (χ4n) is 3.53. The van der Waals surface area contributed by atoms with Crippen molar-refractivity contribution in [3.8, 4) is 0 Å². The van der Waals surface area contributed by atoms with Crippen LogP contribution in [0.2, 0.25) is 0 Å². The van der Waals surface area contributed by atoms with Crippen LogP contribution in [0.3, 0.4) is 0 Å². The van der Waals surface area contributed by atoms with Crippen molar-refractivity contribution >= 4 is 11.6 Å². The number of likely N-dealkylation sites (tertiary alicyclic amines) is 1. The van der Waals surface area contributed by atoms with Crippen LogP contribution in [0, 0.1) is 0 Å². The average Bonchev–Trinajstić information content (AvgIpc) is 2.89. The Morgan fingerprint density at radius 3 is 3.00 bits per heavy atom. The number of carbonyl (C=O) groups excluding carboxylic acids is 1. The van der Waals surface area contributed by atoms with Crippen molar-refractivity contribution in [3.63, 3.8) is 0 Å². The Morgan fingerprint density at radius 2 is 2.19 bits per heavy atom. The SMILES string of the molecule is CC1CC(N)CCN1CC(=O)Nc1ccc2c(c1)CCC2. The van der Waals surface area contributed by atoms with Gasteiger partial charge in [-0.25, -0.2) is 0 Å². The summed E-state index contributed by atoms with van der Waals surface area (Å²) in [6, 6.07) is 6.99. The van der Waals surface area contributed by atoms with Crippen LogP contribution in [0.4, 0.5) is 5.69 Å². The maximum Gasteiger partial charge on any atom is 0.238 e. The number of nitrogens with two attached hydrogens (primary N) is 1. The number of anilines is 1. The number of fused-ring (bicyclic) bond motifs is 1. The van der Waals surface area contributed by atoms with Gasteiger partial charge in [-0.1, -0.05) is 6.07 Å². The van der Waals surface area contributed by atoms with Gasteiger partial charge in [-0.2, -0.15) is 0 Å². The lowest BCUT2D eigenvalue weighted by Crippen LogP contribution is -2.48. The molecule has 1 aliphatic carbocycles. The van der Waals surface area contributed by atoms with E-state index in [9.17, 15) is 4.79 Å². The number of hydrogen-bond acceptors (Lipinski definition) is 3. The molecule has 0 aromatic heterocycles. The van der Waals surface area contributed by atoms with Crippen LogP contribution in [0.1, 0.15) is 37.3 Å². The molecular weight excluding hydrogens is 262 g/mol. The molecule has 2 unspecified atom stereocenters. The first-order valence-corrected chi connectivity index (χ1v) is 8.03. The summed E-state index contributed by atoms with van der Waals surface area (Å²) in [5, 5.41) is 3.04. The Balaban J connectivity index is 1.57. The summed E-state index contributed by atoms with van der Waals surface area (Å²) in [6.45, 7) is 3.53. The lowest BCUT2D eigenvalue weighted by Gasteiger charge is -2.35. The molecule has 1 aromatic carbocycles. The fraction of sp³-hybridized carbons (Fsp3) is 0.588. The van der Waals surface area contributed by atoms with Gasteiger partial charge in [0.05, 0.1) is 6.54 Å². The maximum absolute atomic E-state index is 12.2. The lowest BCUT2D eigenvalue weighted by molar-refractivity contribution is -0.118. The second kappa shape index (κ2) is 6.16. The van der Waals surface area contributed by atoms with Gasteiger partial charge in [-0.15, -0.1) is 0 Å². The molecule has 1 aromatic rings. The molecule has 1 aliphatic heterocycles. The summed E-state index contributed by atoms with van der Waals surface area (Å²) >= 11 is 0. The number of rotatable bonds is 3. The van der Waals surface area contributed by atoms with Crippen molar-refractivity contribution in [1.29, 1.82) is 0 Å². The molecule has 21 heavy (non-hydrogen) atoms. The molecular formula is C17H25N3O. The lowest BCUT2D eigenvalue weighted by atomic mass is 9.99. The van der Waals surface area contributed by atoms with E-state index in [1.54, 1.807) is 0 Å². The third-order valence-electron chi connectivity index (χ3n) is 4.78. The topological polar surface area (TPSA) is 58.4 Å². The van der Waals surface area contributed by atoms with Gasteiger partial charge in [-0.3, -0.25) is 9.69 Å². The van der Waals surface area contributed by atoms with E-state index >= 15 is 0 Å². The highest BCUT2D eigenvalue weighted by Gasteiger charge is 2.24. The molecule has 0 radical (unpaired) electrons. The van der Waals surface area contributed by atoms with Gasteiger partial charge in [0, 0.05) is 24.3 Å². The van der Waals surface area contributed by atoms with Crippen LogP contribution in [0.25, 0.3) is 0 Å². The maximum atomic E-state index is 12.2. The Bertz CT molecular complexity index is 529. The van der Waals surface area contributed by atoms with Gasteiger partial charge >= 0.3 is 0 Å². The predicted molar refractivity (Wildman–Crippen MR) is 85.3 cm³/mol. The molecule has 3 rings (SSSR count). The molecule has 4 nitrogen and oxygen atoms in total. The monoisotopic (exact) mass is 287 g/mol. The Kier molecular flexibility index (Phi) is 4.27. The fourth-order valence-corrected chi connectivity index (χ4v) is 3.53. The highest BCUT2D eigenvalue weighted by Crippen LogP contribution is 2.25. The molecule has 3 N–H and O–H groups in total. The van der Waals surface area contributed by atoms with Crippen LogP contribution in [0.15, 0.2) is 18.2 Å². The number of carbonyl (C=O) groups is 1. The summed E-state index contributed by atoms with van der Waals surface area (Å²) in [5.74, 6) is 0.0790. The van der Waals surface area contributed by atoms with Crippen LogP contribution in [-0.4, -0.2) is 36.0 Å². The molecule has 1 saturated heterocycles. The van der Waals surface area contributed by atoms with Gasteiger partial charge in [0.25, 0.3) is 0 Å². The van der Waals surface area contributed by atoms with Crippen LogP contribution in [0.5, 0.6) is 0 Å². The molecule has 0 saturated carbocycles. The normalized spacial score (nSPS) is 25.6. The van der Waals surface area contributed by atoms with Crippen molar-refractivity contribution in [1.82, 2.24) is 4.90 Å². The number of nitrogens with one attached hydrogen (secondary N) is 1. The summed E-state index contributed by atoms with van der Waals surface area (Å²) < 4.78 is 0. The van der Waals surface area contributed by atoms with Crippen molar-refractivity contribution in [3.05, 3.63) is 29.3 Å². The molecule has 4 heteroatoms. The zero-order chi connectivity index (χ0) is 14.8. The minimum Gasteiger partial charge on any atom is -0.328 e. The van der Waals surface area contributed by atoms with Crippen molar-refractivity contribution in [2.45, 2.75) is 51.1 Å². The van der Waals surface area contributed by atoms with Gasteiger partial charge in [0.1, 0.15) is 0 Å². The third kappa shape index (κ3) is 3.44. The van der Waals surface area contributed by atoms with Gasteiger partial charge < -0.3 is 11.1 Å². The zero-order valence-electron chi connectivity index (χ0n) is 12.8. The number of aryl methyl sites for hydroxylation is 2. The van der Waals surface area contributed by atoms with Gasteiger partial charge in [0.15, 0.2) is 0 Å². The standard InChI is InChI=1S/C17H25N3O/c1-12-9-15(18)7-8-20(12)11-17(21)19-16-6-5-13-3-2-4-14(13)10-16/h5-6,10,12,15H,2-4,7-9,11,18H2,1H3,(H,19,21). The number of benzene rings is 1. The predicted octanol–water partition coefficient (Wildman–Crippen LogP) is 1.93. The van der Waals surface area contributed by atoms with Gasteiger partial charge in [0.2, 0.25) is 5.91 Å². The summed E-state index contributed by atoms with van der Waals surface area (Å²) in [5.41, 5.74) is 9.73. The van der Waals surface area contributed by atoms with Gasteiger partial charge in [-0.05, 0) is 62.3 Å². The number of amides is 1. The van der Waals surface area contributed by atoms with Crippen molar-refractivity contribution in [2.24, 2.45) is 5.73 Å². The number of piperidine rings is 1. The van der Waals surface area contributed by atoms with E-state index in [0.29, 0.717) is 12.6 Å². The third-order valence-corrected chi connectivity index (χ3v) is 4.78. The molecule has 2 atom stereocenters. The molecule has 1 amide bonds. The van der Waals surface area contributed by atoms with E-state index in [1.807, 2.05) is 6.07 Å². The van der Waals surface area contributed by atoms with E-state index in [4.69, 9.17) is 5.73 Å². The van der Waals surface area contributed by atoms with E-state index < -0.39 is 0 Å². The Labute approximate surface area is 126 Å². The molecule has 0 spiro atoms. The smallest absolute Gasteiger partial charge is 0.238 e. The van der Waals surface area contributed by atoms with E-state index in [1.165, 1.54) is 24.0 Å². The molecule has 1 heterocycles. The number of nitrogens with zero attached hydrogens (tertiary/aromatic N) is 1. The molecule has 0 bridgehead atoms.